The zero-order valence-electron chi connectivity index (χ0n) is 21.2. The highest BCUT2D eigenvalue weighted by molar-refractivity contribution is 5.88. The maximum absolute atomic E-state index is 13.6. The van der Waals surface area contributed by atoms with Gasteiger partial charge in [0.15, 0.2) is 6.61 Å². The van der Waals surface area contributed by atoms with Crippen LogP contribution in [-0.4, -0.2) is 35.9 Å². The Kier molecular flexibility index (Phi) is 9.47. The summed E-state index contributed by atoms with van der Waals surface area (Å²) in [6.07, 6.45) is 0.424. The van der Waals surface area contributed by atoms with Gasteiger partial charge in [0.2, 0.25) is 5.91 Å². The van der Waals surface area contributed by atoms with E-state index in [1.807, 2.05) is 92.7 Å². The van der Waals surface area contributed by atoms with E-state index in [4.69, 9.17) is 4.74 Å². The van der Waals surface area contributed by atoms with Crippen molar-refractivity contribution in [1.82, 2.24) is 10.2 Å². The predicted molar refractivity (Wildman–Crippen MR) is 140 cm³/mol. The van der Waals surface area contributed by atoms with E-state index in [1.54, 1.807) is 4.90 Å². The Bertz CT molecular complexity index is 1090. The number of hydrogen-bond acceptors (Lipinski definition) is 3. The molecule has 5 heteroatoms. The second-order valence-electron chi connectivity index (χ2n) is 9.06. The summed E-state index contributed by atoms with van der Waals surface area (Å²) in [5.41, 5.74) is 4.29. The standard InChI is InChI=1S/C30H36N2O3/c1-5-31-30(34)28(19-24-12-7-6-8-13-24)32(20-26-14-10-9-11-23(26)4)29(33)21-35-27-17-15-25(16-18-27)22(2)3/h6-18,22,28H,5,19-21H2,1-4H3,(H,31,34). The molecular weight excluding hydrogens is 436 g/mol. The summed E-state index contributed by atoms with van der Waals surface area (Å²) in [6.45, 7) is 8.86. The van der Waals surface area contributed by atoms with Crippen molar-refractivity contribution in [2.45, 2.75) is 52.6 Å². The summed E-state index contributed by atoms with van der Waals surface area (Å²) >= 11 is 0. The van der Waals surface area contributed by atoms with Gasteiger partial charge in [-0.15, -0.1) is 0 Å². The molecule has 1 atom stereocenters. The van der Waals surface area contributed by atoms with Gasteiger partial charge >= 0.3 is 0 Å². The van der Waals surface area contributed by atoms with Crippen molar-refractivity contribution < 1.29 is 14.3 Å². The Morgan fingerprint density at radius 1 is 0.914 bits per heavy atom. The number of carbonyl (C=O) groups excluding carboxylic acids is 2. The van der Waals surface area contributed by atoms with Gasteiger partial charge in [-0.05, 0) is 54.2 Å². The van der Waals surface area contributed by atoms with E-state index < -0.39 is 6.04 Å². The number of amides is 2. The SMILES string of the molecule is CCNC(=O)C(Cc1ccccc1)N(Cc1ccccc1C)C(=O)COc1ccc(C(C)C)cc1. The number of nitrogens with zero attached hydrogens (tertiary/aromatic N) is 1. The van der Waals surface area contributed by atoms with Crippen LogP contribution in [0.25, 0.3) is 0 Å². The quantitative estimate of drug-likeness (QED) is 0.413. The molecule has 0 spiro atoms. The Morgan fingerprint density at radius 3 is 2.20 bits per heavy atom. The van der Waals surface area contributed by atoms with Crippen molar-refractivity contribution in [3.8, 4) is 5.75 Å². The Morgan fingerprint density at radius 2 is 1.57 bits per heavy atom. The fourth-order valence-corrected chi connectivity index (χ4v) is 3.99. The maximum atomic E-state index is 13.6. The number of aryl methyl sites for hydroxylation is 1. The minimum absolute atomic E-state index is 0.141. The number of likely N-dealkylation sites (N-methyl/N-ethyl adjacent to an activating group) is 1. The van der Waals surface area contributed by atoms with Crippen LogP contribution < -0.4 is 10.1 Å². The Hall–Kier alpha value is -3.60. The van der Waals surface area contributed by atoms with Gasteiger partial charge in [-0.25, -0.2) is 0 Å². The maximum Gasteiger partial charge on any atom is 0.261 e. The smallest absolute Gasteiger partial charge is 0.261 e. The molecular formula is C30H36N2O3. The van der Waals surface area contributed by atoms with E-state index in [0.717, 1.165) is 16.7 Å². The van der Waals surface area contributed by atoms with Gasteiger partial charge in [0.25, 0.3) is 5.91 Å². The number of hydrogen-bond donors (Lipinski definition) is 1. The van der Waals surface area contributed by atoms with Gasteiger partial charge in [0, 0.05) is 19.5 Å². The third-order valence-corrected chi connectivity index (χ3v) is 6.13. The van der Waals surface area contributed by atoms with Gasteiger partial charge in [0.1, 0.15) is 11.8 Å². The van der Waals surface area contributed by atoms with Gasteiger partial charge in [0.05, 0.1) is 0 Å². The second-order valence-corrected chi connectivity index (χ2v) is 9.06. The van der Waals surface area contributed by atoms with Crippen molar-refractivity contribution >= 4 is 11.8 Å². The van der Waals surface area contributed by atoms with Crippen LogP contribution in [0.1, 0.15) is 48.9 Å². The van der Waals surface area contributed by atoms with E-state index >= 15 is 0 Å². The molecule has 35 heavy (non-hydrogen) atoms. The predicted octanol–water partition coefficient (Wildman–Crippen LogP) is 5.27. The molecule has 0 aliphatic rings. The zero-order chi connectivity index (χ0) is 25.2. The van der Waals surface area contributed by atoms with Crippen molar-refractivity contribution in [3.05, 3.63) is 101 Å². The molecule has 0 fully saturated rings. The first kappa shape index (κ1) is 26.0. The lowest BCUT2D eigenvalue weighted by Crippen LogP contribution is -2.51. The molecule has 2 amide bonds. The van der Waals surface area contributed by atoms with Crippen LogP contribution in [0.15, 0.2) is 78.9 Å². The summed E-state index contributed by atoms with van der Waals surface area (Å²) in [4.78, 5) is 28.4. The average Bonchev–Trinajstić information content (AvgIpc) is 2.86. The van der Waals surface area contributed by atoms with Crippen molar-refractivity contribution in [2.24, 2.45) is 0 Å². The van der Waals surface area contributed by atoms with Crippen LogP contribution in [0, 0.1) is 6.92 Å². The van der Waals surface area contributed by atoms with E-state index in [0.29, 0.717) is 31.2 Å². The molecule has 3 aromatic rings. The summed E-state index contributed by atoms with van der Waals surface area (Å²) in [7, 11) is 0. The molecule has 0 aromatic heterocycles. The highest BCUT2D eigenvalue weighted by atomic mass is 16.5. The third kappa shape index (κ3) is 7.44. The van der Waals surface area contributed by atoms with Crippen molar-refractivity contribution in [1.29, 1.82) is 0 Å². The highest BCUT2D eigenvalue weighted by Crippen LogP contribution is 2.20. The molecule has 0 saturated heterocycles. The van der Waals surface area contributed by atoms with Gasteiger partial charge < -0.3 is 15.0 Å². The molecule has 0 aliphatic carbocycles. The van der Waals surface area contributed by atoms with Gasteiger partial charge in [-0.3, -0.25) is 9.59 Å². The number of benzene rings is 3. The lowest BCUT2D eigenvalue weighted by atomic mass is 10.0. The van der Waals surface area contributed by atoms with Crippen LogP contribution in [0.3, 0.4) is 0 Å². The fraction of sp³-hybridized carbons (Fsp3) is 0.333. The average molecular weight is 473 g/mol. The molecule has 1 N–H and O–H groups in total. The fourth-order valence-electron chi connectivity index (χ4n) is 3.99. The summed E-state index contributed by atoms with van der Waals surface area (Å²) in [6, 6.07) is 24.9. The molecule has 0 bridgehead atoms. The minimum Gasteiger partial charge on any atom is -0.484 e. The van der Waals surface area contributed by atoms with Crippen LogP contribution in [0.4, 0.5) is 0 Å². The molecule has 184 valence electrons. The van der Waals surface area contributed by atoms with Crippen molar-refractivity contribution in [2.75, 3.05) is 13.2 Å². The molecule has 1 unspecified atom stereocenters. The van der Waals surface area contributed by atoms with E-state index in [9.17, 15) is 9.59 Å². The first-order valence-electron chi connectivity index (χ1n) is 12.3. The van der Waals surface area contributed by atoms with Crippen LogP contribution in [-0.2, 0) is 22.6 Å². The lowest BCUT2D eigenvalue weighted by Gasteiger charge is -2.31. The van der Waals surface area contributed by atoms with E-state index in [1.165, 1.54) is 5.56 Å². The lowest BCUT2D eigenvalue weighted by molar-refractivity contribution is -0.142. The topological polar surface area (TPSA) is 58.6 Å². The third-order valence-electron chi connectivity index (χ3n) is 6.13. The van der Waals surface area contributed by atoms with Crippen LogP contribution >= 0.6 is 0 Å². The largest absolute Gasteiger partial charge is 0.484 e. The minimum atomic E-state index is -0.656. The molecule has 5 nitrogen and oxygen atoms in total. The first-order valence-corrected chi connectivity index (χ1v) is 12.3. The van der Waals surface area contributed by atoms with Crippen LogP contribution in [0.5, 0.6) is 5.75 Å². The van der Waals surface area contributed by atoms with E-state index in [2.05, 4.69) is 19.2 Å². The second kappa shape index (κ2) is 12.7. The molecule has 3 rings (SSSR count). The molecule has 0 aliphatic heterocycles. The normalized spacial score (nSPS) is 11.7. The first-order chi connectivity index (χ1) is 16.9. The number of rotatable bonds is 11. The number of nitrogens with one attached hydrogen (secondary N) is 1. The van der Waals surface area contributed by atoms with Crippen LogP contribution in [0.2, 0.25) is 0 Å². The highest BCUT2D eigenvalue weighted by Gasteiger charge is 2.30. The van der Waals surface area contributed by atoms with Gasteiger partial charge in [-0.2, -0.15) is 0 Å². The van der Waals surface area contributed by atoms with Crippen molar-refractivity contribution in [3.63, 3.8) is 0 Å². The summed E-state index contributed by atoms with van der Waals surface area (Å²) in [5.74, 6) is 0.662. The van der Waals surface area contributed by atoms with E-state index in [-0.39, 0.29) is 18.4 Å². The molecule has 0 radical (unpaired) electrons. The Labute approximate surface area is 209 Å². The zero-order valence-corrected chi connectivity index (χ0v) is 21.2. The summed E-state index contributed by atoms with van der Waals surface area (Å²) in [5, 5.41) is 2.92. The Balaban J connectivity index is 1.87. The molecule has 0 saturated carbocycles. The summed E-state index contributed by atoms with van der Waals surface area (Å²) < 4.78 is 5.87. The monoisotopic (exact) mass is 472 g/mol. The van der Waals surface area contributed by atoms with Gasteiger partial charge in [-0.1, -0.05) is 80.6 Å². The molecule has 0 heterocycles. The number of ether oxygens (including phenoxy) is 1. The number of carbonyl (C=O) groups is 2. The molecule has 3 aromatic carbocycles.